The number of hydrogen-bond donors (Lipinski definition) is 3. The minimum Gasteiger partial charge on any atom is -0.497 e. The maximum Gasteiger partial charge on any atom is 0.242 e. The predicted octanol–water partition coefficient (Wildman–Crippen LogP) is 2.55. The average Bonchev–Trinajstić information content (AvgIpc) is 2.66. The highest BCUT2D eigenvalue weighted by molar-refractivity contribution is 7.80. The van der Waals surface area contributed by atoms with E-state index in [1.807, 2.05) is 18.2 Å². The zero-order chi connectivity index (χ0) is 19.6. The SMILES string of the molecule is COc1ccc(CC(=O)NNC(=S)NC(=O)CCc2ccccc2Cl)cc1. The van der Waals surface area contributed by atoms with Crippen LogP contribution in [0.4, 0.5) is 0 Å². The van der Waals surface area contributed by atoms with Crippen LogP contribution in [-0.2, 0) is 22.4 Å². The van der Waals surface area contributed by atoms with Crippen molar-refractivity contribution in [3.8, 4) is 5.75 Å². The smallest absolute Gasteiger partial charge is 0.242 e. The summed E-state index contributed by atoms with van der Waals surface area (Å²) in [6.45, 7) is 0. The maximum atomic E-state index is 11.9. The van der Waals surface area contributed by atoms with Gasteiger partial charge in [0, 0.05) is 11.4 Å². The molecule has 6 nitrogen and oxygen atoms in total. The number of thiocarbonyl (C=S) groups is 1. The molecular weight excluding hydrogens is 386 g/mol. The molecule has 0 bridgehead atoms. The number of ether oxygens (including phenoxy) is 1. The lowest BCUT2D eigenvalue weighted by molar-refractivity contribution is -0.122. The van der Waals surface area contributed by atoms with Crippen LogP contribution < -0.4 is 20.9 Å². The first-order valence-corrected chi connectivity index (χ1v) is 9.01. The van der Waals surface area contributed by atoms with Crippen LogP contribution in [0, 0.1) is 0 Å². The fraction of sp³-hybridized carbons (Fsp3) is 0.211. The van der Waals surface area contributed by atoms with Gasteiger partial charge in [0.25, 0.3) is 0 Å². The van der Waals surface area contributed by atoms with Gasteiger partial charge in [-0.25, -0.2) is 0 Å². The summed E-state index contributed by atoms with van der Waals surface area (Å²) >= 11 is 11.1. The third-order valence-electron chi connectivity index (χ3n) is 3.67. The van der Waals surface area contributed by atoms with E-state index < -0.39 is 0 Å². The Hall–Kier alpha value is -2.64. The van der Waals surface area contributed by atoms with Crippen LogP contribution in [0.5, 0.6) is 5.75 Å². The molecule has 2 aromatic rings. The van der Waals surface area contributed by atoms with E-state index in [9.17, 15) is 9.59 Å². The summed E-state index contributed by atoms with van der Waals surface area (Å²) in [5, 5.41) is 3.16. The second kappa shape index (κ2) is 10.5. The van der Waals surface area contributed by atoms with Crippen molar-refractivity contribution in [3.63, 3.8) is 0 Å². The molecule has 0 aliphatic rings. The molecule has 0 fully saturated rings. The lowest BCUT2D eigenvalue weighted by Crippen LogP contribution is -2.48. The van der Waals surface area contributed by atoms with Gasteiger partial charge in [0.15, 0.2) is 5.11 Å². The molecule has 2 rings (SSSR count). The Balaban J connectivity index is 1.69. The highest BCUT2D eigenvalue weighted by Gasteiger charge is 2.08. The number of benzene rings is 2. The number of carbonyl (C=O) groups is 2. The van der Waals surface area contributed by atoms with Gasteiger partial charge in [0.2, 0.25) is 11.8 Å². The quantitative estimate of drug-likeness (QED) is 0.508. The molecule has 3 N–H and O–H groups in total. The Morgan fingerprint density at radius 1 is 1.04 bits per heavy atom. The van der Waals surface area contributed by atoms with Gasteiger partial charge < -0.3 is 10.1 Å². The van der Waals surface area contributed by atoms with Gasteiger partial charge in [-0.05, 0) is 48.0 Å². The molecule has 0 spiro atoms. The number of nitrogens with one attached hydrogen (secondary N) is 3. The highest BCUT2D eigenvalue weighted by Crippen LogP contribution is 2.16. The third kappa shape index (κ3) is 7.24. The van der Waals surface area contributed by atoms with Crippen molar-refractivity contribution in [1.82, 2.24) is 16.2 Å². The molecule has 0 aliphatic carbocycles. The van der Waals surface area contributed by atoms with Crippen LogP contribution in [0.1, 0.15) is 17.5 Å². The lowest BCUT2D eigenvalue weighted by Gasteiger charge is -2.11. The van der Waals surface area contributed by atoms with Gasteiger partial charge in [-0.1, -0.05) is 41.9 Å². The second-order valence-corrected chi connectivity index (χ2v) is 6.48. The Labute approximate surface area is 168 Å². The van der Waals surface area contributed by atoms with E-state index in [-0.39, 0.29) is 29.8 Å². The molecule has 0 heterocycles. The molecule has 2 amide bonds. The summed E-state index contributed by atoms with van der Waals surface area (Å²) in [5.41, 5.74) is 6.68. The van der Waals surface area contributed by atoms with Crippen molar-refractivity contribution < 1.29 is 14.3 Å². The normalized spacial score (nSPS) is 10.0. The Bertz CT molecular complexity index is 812. The van der Waals surface area contributed by atoms with Gasteiger partial charge in [-0.3, -0.25) is 20.4 Å². The number of hydrazine groups is 1. The molecule has 0 aliphatic heterocycles. The van der Waals surface area contributed by atoms with Crippen molar-refractivity contribution >= 4 is 40.7 Å². The van der Waals surface area contributed by atoms with Gasteiger partial charge in [-0.2, -0.15) is 0 Å². The van der Waals surface area contributed by atoms with E-state index in [4.69, 9.17) is 28.6 Å². The monoisotopic (exact) mass is 405 g/mol. The predicted molar refractivity (Wildman–Crippen MR) is 108 cm³/mol. The highest BCUT2D eigenvalue weighted by atomic mass is 35.5. The van der Waals surface area contributed by atoms with Crippen molar-refractivity contribution in [3.05, 3.63) is 64.7 Å². The number of amides is 2. The molecule has 0 radical (unpaired) electrons. The molecule has 0 atom stereocenters. The van der Waals surface area contributed by atoms with E-state index in [1.165, 1.54) is 0 Å². The van der Waals surface area contributed by atoms with Crippen molar-refractivity contribution in [2.75, 3.05) is 7.11 Å². The van der Waals surface area contributed by atoms with E-state index in [1.54, 1.807) is 37.4 Å². The summed E-state index contributed by atoms with van der Waals surface area (Å²) in [6, 6.07) is 14.5. The van der Waals surface area contributed by atoms with Gasteiger partial charge >= 0.3 is 0 Å². The Morgan fingerprint density at radius 3 is 2.41 bits per heavy atom. The maximum absolute atomic E-state index is 11.9. The first-order valence-electron chi connectivity index (χ1n) is 8.23. The second-order valence-electron chi connectivity index (χ2n) is 5.67. The molecule has 8 heteroatoms. The minimum atomic E-state index is -0.284. The zero-order valence-corrected chi connectivity index (χ0v) is 16.3. The van der Waals surface area contributed by atoms with Crippen LogP contribution in [-0.4, -0.2) is 24.0 Å². The number of aryl methyl sites for hydroxylation is 1. The Kier molecular flexibility index (Phi) is 8.03. The molecule has 27 heavy (non-hydrogen) atoms. The van der Waals surface area contributed by atoms with E-state index in [2.05, 4.69) is 16.2 Å². The first kappa shape index (κ1) is 20.7. The number of rotatable bonds is 6. The number of carbonyl (C=O) groups excluding carboxylic acids is 2. The summed E-state index contributed by atoms with van der Waals surface area (Å²) in [6.07, 6.45) is 0.892. The van der Waals surface area contributed by atoms with Crippen LogP contribution in [0.25, 0.3) is 0 Å². The molecular formula is C19H20ClN3O3S. The van der Waals surface area contributed by atoms with Crippen molar-refractivity contribution in [2.24, 2.45) is 0 Å². The lowest BCUT2D eigenvalue weighted by atomic mass is 10.1. The zero-order valence-electron chi connectivity index (χ0n) is 14.8. The minimum absolute atomic E-state index is 0.0299. The number of halogens is 1. The summed E-state index contributed by atoms with van der Waals surface area (Å²) in [5.74, 6) is 0.169. The average molecular weight is 406 g/mol. The topological polar surface area (TPSA) is 79.5 Å². The molecule has 0 saturated carbocycles. The number of methoxy groups -OCH3 is 1. The standard InChI is InChI=1S/C19H20ClN3O3S/c1-26-15-9-6-13(7-10-15)12-18(25)22-23-19(27)21-17(24)11-8-14-4-2-3-5-16(14)20/h2-7,9-10H,8,11-12H2,1H3,(H,22,25)(H2,21,23,24,27). The summed E-state index contributed by atoms with van der Waals surface area (Å²) < 4.78 is 5.07. The third-order valence-corrected chi connectivity index (χ3v) is 4.24. The summed E-state index contributed by atoms with van der Waals surface area (Å²) in [4.78, 5) is 23.8. The van der Waals surface area contributed by atoms with Crippen LogP contribution in [0.3, 0.4) is 0 Å². The fourth-order valence-electron chi connectivity index (χ4n) is 2.27. The van der Waals surface area contributed by atoms with Crippen LogP contribution in [0.2, 0.25) is 5.02 Å². The molecule has 2 aromatic carbocycles. The van der Waals surface area contributed by atoms with E-state index in [0.717, 1.165) is 16.9 Å². The number of hydrogen-bond acceptors (Lipinski definition) is 4. The molecule has 0 saturated heterocycles. The summed E-state index contributed by atoms with van der Waals surface area (Å²) in [7, 11) is 1.58. The van der Waals surface area contributed by atoms with Crippen molar-refractivity contribution in [1.29, 1.82) is 0 Å². The molecule has 0 unspecified atom stereocenters. The van der Waals surface area contributed by atoms with Crippen molar-refractivity contribution in [2.45, 2.75) is 19.3 Å². The van der Waals surface area contributed by atoms with Crippen LogP contribution >= 0.6 is 23.8 Å². The molecule has 142 valence electrons. The Morgan fingerprint density at radius 2 is 1.74 bits per heavy atom. The van der Waals surface area contributed by atoms with Gasteiger partial charge in [-0.15, -0.1) is 0 Å². The van der Waals surface area contributed by atoms with E-state index in [0.29, 0.717) is 11.4 Å². The molecule has 0 aromatic heterocycles. The van der Waals surface area contributed by atoms with Gasteiger partial charge in [0.1, 0.15) is 5.75 Å². The van der Waals surface area contributed by atoms with Crippen LogP contribution in [0.15, 0.2) is 48.5 Å². The van der Waals surface area contributed by atoms with Gasteiger partial charge in [0.05, 0.1) is 13.5 Å². The van der Waals surface area contributed by atoms with E-state index >= 15 is 0 Å². The first-order chi connectivity index (χ1) is 13.0. The largest absolute Gasteiger partial charge is 0.497 e. The fourth-order valence-corrected chi connectivity index (χ4v) is 2.66.